The lowest BCUT2D eigenvalue weighted by atomic mass is 9.91. The molecule has 0 unspecified atom stereocenters. The third-order valence-corrected chi connectivity index (χ3v) is 12.7. The first-order valence-electron chi connectivity index (χ1n) is 14.2. The molecule has 0 atom stereocenters. The van der Waals surface area contributed by atoms with Gasteiger partial charge < -0.3 is 18.6 Å². The van der Waals surface area contributed by atoms with Gasteiger partial charge in [-0.1, -0.05) is 38.1 Å². The molecular formula is C31H45N3O4Si. The van der Waals surface area contributed by atoms with Crippen molar-refractivity contribution >= 4 is 25.4 Å². The molecule has 0 radical (unpaired) electrons. The second-order valence-corrected chi connectivity index (χ2v) is 18.1. The molecule has 1 aliphatic heterocycles. The molecule has 3 aromatic rings. The predicted octanol–water partition coefficient (Wildman–Crippen LogP) is 7.99. The first kappa shape index (κ1) is 29.3. The molecule has 4 rings (SSSR count). The Labute approximate surface area is 234 Å². The molecule has 0 bridgehead atoms. The zero-order valence-electron chi connectivity index (χ0n) is 25.0. The standard InChI is InChI=1S/C31H45N3O4Si/c1-30(2,3)37-29(35)34-19-16-22(17-20-34)12-15-27-24-14-13-23(26-11-9-10-18-32-26)25(28(24)38-33-27)21-36-39(7,8)31(4,5)6/h9-11,13-14,18,22H,12,15-17,19-21H2,1-8H3. The zero-order chi connectivity index (χ0) is 28.4. The van der Waals surface area contributed by atoms with Crippen LogP contribution in [0.3, 0.4) is 0 Å². The van der Waals surface area contributed by atoms with Crippen molar-refractivity contribution in [1.82, 2.24) is 15.0 Å². The normalized spacial score (nSPS) is 15.6. The maximum absolute atomic E-state index is 12.4. The number of hydrogen-bond donors (Lipinski definition) is 0. The summed E-state index contributed by atoms with van der Waals surface area (Å²) in [6.07, 6.45) is 5.42. The van der Waals surface area contributed by atoms with Crippen LogP contribution in [-0.4, -0.2) is 48.1 Å². The van der Waals surface area contributed by atoms with E-state index in [0.29, 0.717) is 12.5 Å². The number of hydrogen-bond acceptors (Lipinski definition) is 6. The van der Waals surface area contributed by atoms with E-state index >= 15 is 0 Å². The average molecular weight is 552 g/mol. The lowest BCUT2D eigenvalue weighted by Crippen LogP contribution is -2.41. The van der Waals surface area contributed by atoms with Crippen molar-refractivity contribution in [1.29, 1.82) is 0 Å². The van der Waals surface area contributed by atoms with Gasteiger partial charge in [-0.05, 0) is 88.7 Å². The van der Waals surface area contributed by atoms with E-state index in [1.807, 2.05) is 50.1 Å². The van der Waals surface area contributed by atoms with Gasteiger partial charge in [-0.2, -0.15) is 0 Å². The highest BCUT2D eigenvalue weighted by Gasteiger charge is 2.37. The number of pyridine rings is 1. The minimum absolute atomic E-state index is 0.109. The average Bonchev–Trinajstić information content (AvgIpc) is 3.28. The van der Waals surface area contributed by atoms with Gasteiger partial charge in [-0.25, -0.2) is 4.79 Å². The van der Waals surface area contributed by atoms with Crippen LogP contribution < -0.4 is 0 Å². The molecule has 1 aromatic carbocycles. The van der Waals surface area contributed by atoms with Crippen LogP contribution in [0.1, 0.15) is 72.1 Å². The van der Waals surface area contributed by atoms with Crippen molar-refractivity contribution < 1.29 is 18.5 Å². The Bertz CT molecular complexity index is 1270. The molecule has 0 aliphatic carbocycles. The van der Waals surface area contributed by atoms with Crippen LogP contribution in [0.25, 0.3) is 22.2 Å². The Hall–Kier alpha value is -2.71. The Morgan fingerprint density at radius 1 is 1.08 bits per heavy atom. The molecule has 7 nitrogen and oxygen atoms in total. The fourth-order valence-electron chi connectivity index (χ4n) is 4.74. The van der Waals surface area contributed by atoms with Crippen LogP contribution in [-0.2, 0) is 22.2 Å². The van der Waals surface area contributed by atoms with E-state index in [9.17, 15) is 4.79 Å². The molecule has 212 valence electrons. The van der Waals surface area contributed by atoms with Crippen LogP contribution in [0, 0.1) is 5.92 Å². The van der Waals surface area contributed by atoms with E-state index in [4.69, 9.17) is 13.7 Å². The van der Waals surface area contributed by atoms with E-state index in [2.05, 4.69) is 56.1 Å². The minimum Gasteiger partial charge on any atom is -0.444 e. The van der Waals surface area contributed by atoms with E-state index in [1.54, 1.807) is 0 Å². The maximum atomic E-state index is 12.4. The van der Waals surface area contributed by atoms with E-state index in [1.165, 1.54) is 0 Å². The third-order valence-electron chi connectivity index (χ3n) is 8.20. The number of carbonyl (C=O) groups excluding carboxylic acids is 1. The van der Waals surface area contributed by atoms with Crippen LogP contribution in [0.5, 0.6) is 0 Å². The molecule has 1 aliphatic rings. The smallest absolute Gasteiger partial charge is 0.410 e. The van der Waals surface area contributed by atoms with Crippen LogP contribution in [0.4, 0.5) is 4.79 Å². The monoisotopic (exact) mass is 551 g/mol. The van der Waals surface area contributed by atoms with E-state index in [0.717, 1.165) is 72.3 Å². The molecule has 2 aromatic heterocycles. The Morgan fingerprint density at radius 2 is 1.79 bits per heavy atom. The quantitative estimate of drug-likeness (QED) is 0.277. The first-order chi connectivity index (χ1) is 18.2. The van der Waals surface area contributed by atoms with Crippen molar-refractivity contribution in [3.8, 4) is 11.3 Å². The molecule has 3 heterocycles. The number of carbonyl (C=O) groups is 1. The largest absolute Gasteiger partial charge is 0.444 e. The SMILES string of the molecule is CC(C)(C)OC(=O)N1CCC(CCc2noc3c(CO[Si](C)(C)C(C)(C)C)c(-c4ccccn4)ccc23)CC1. The first-order valence-corrected chi connectivity index (χ1v) is 17.1. The second kappa shape index (κ2) is 11.4. The number of piperidine rings is 1. The number of rotatable bonds is 7. The molecule has 39 heavy (non-hydrogen) atoms. The summed E-state index contributed by atoms with van der Waals surface area (Å²) in [6.45, 7) is 19.0. The second-order valence-electron chi connectivity index (χ2n) is 13.3. The minimum atomic E-state index is -1.98. The van der Waals surface area contributed by atoms with Gasteiger partial charge in [0, 0.05) is 35.8 Å². The molecular weight excluding hydrogens is 506 g/mol. The summed E-state index contributed by atoms with van der Waals surface area (Å²) >= 11 is 0. The molecule has 1 fully saturated rings. The molecule has 1 amide bonds. The van der Waals surface area contributed by atoms with Crippen LogP contribution >= 0.6 is 0 Å². The fraction of sp³-hybridized carbons (Fsp3) is 0.581. The van der Waals surface area contributed by atoms with Gasteiger partial charge in [0.1, 0.15) is 5.60 Å². The van der Waals surface area contributed by atoms with Gasteiger partial charge in [-0.3, -0.25) is 4.98 Å². The number of aryl methyl sites for hydroxylation is 1. The molecule has 0 N–H and O–H groups in total. The molecule has 8 heteroatoms. The van der Waals surface area contributed by atoms with Crippen molar-refractivity contribution in [2.24, 2.45) is 5.92 Å². The highest BCUT2D eigenvalue weighted by molar-refractivity contribution is 6.74. The highest BCUT2D eigenvalue weighted by atomic mass is 28.4. The highest BCUT2D eigenvalue weighted by Crippen LogP contribution is 2.39. The summed E-state index contributed by atoms with van der Waals surface area (Å²) in [6, 6.07) is 10.2. The van der Waals surface area contributed by atoms with Crippen LogP contribution in [0.15, 0.2) is 41.1 Å². The Morgan fingerprint density at radius 3 is 2.41 bits per heavy atom. The lowest BCUT2D eigenvalue weighted by Gasteiger charge is -2.36. The van der Waals surface area contributed by atoms with Gasteiger partial charge in [0.05, 0.1) is 18.0 Å². The van der Waals surface area contributed by atoms with Crippen molar-refractivity contribution in [2.75, 3.05) is 13.1 Å². The van der Waals surface area contributed by atoms with Crippen LogP contribution in [0.2, 0.25) is 18.1 Å². The summed E-state index contributed by atoms with van der Waals surface area (Å²) in [5, 5.41) is 5.69. The van der Waals surface area contributed by atoms with Crippen molar-refractivity contribution in [3.05, 3.63) is 47.8 Å². The Kier molecular flexibility index (Phi) is 8.57. The maximum Gasteiger partial charge on any atom is 0.410 e. The van der Waals surface area contributed by atoms with Gasteiger partial charge in [0.25, 0.3) is 0 Å². The van der Waals surface area contributed by atoms with Gasteiger partial charge in [0.2, 0.25) is 0 Å². The predicted molar refractivity (Wildman–Crippen MR) is 158 cm³/mol. The van der Waals surface area contributed by atoms with Gasteiger partial charge in [0.15, 0.2) is 13.9 Å². The molecule has 0 saturated carbocycles. The van der Waals surface area contributed by atoms with Gasteiger partial charge >= 0.3 is 6.09 Å². The number of likely N-dealkylation sites (tertiary alicyclic amines) is 1. The number of benzene rings is 1. The summed E-state index contributed by atoms with van der Waals surface area (Å²) in [4.78, 5) is 18.9. The summed E-state index contributed by atoms with van der Waals surface area (Å²) < 4.78 is 18.2. The number of aromatic nitrogens is 2. The van der Waals surface area contributed by atoms with Gasteiger partial charge in [-0.15, -0.1) is 0 Å². The Balaban J connectivity index is 1.49. The number of amides is 1. The van der Waals surface area contributed by atoms with E-state index < -0.39 is 13.9 Å². The third kappa shape index (κ3) is 7.08. The molecule has 0 spiro atoms. The van der Waals surface area contributed by atoms with Crippen molar-refractivity contribution in [3.63, 3.8) is 0 Å². The summed E-state index contributed by atoms with van der Waals surface area (Å²) in [5.74, 6) is 0.546. The summed E-state index contributed by atoms with van der Waals surface area (Å²) in [5.41, 5.74) is 4.27. The topological polar surface area (TPSA) is 77.7 Å². The lowest BCUT2D eigenvalue weighted by molar-refractivity contribution is 0.0181. The summed E-state index contributed by atoms with van der Waals surface area (Å²) in [7, 11) is -1.98. The number of nitrogens with zero attached hydrogens (tertiary/aromatic N) is 3. The number of ether oxygens (including phenoxy) is 1. The fourth-order valence-corrected chi connectivity index (χ4v) is 5.67. The van der Waals surface area contributed by atoms with E-state index in [-0.39, 0.29) is 11.1 Å². The van der Waals surface area contributed by atoms with Crippen molar-refractivity contribution in [2.45, 2.75) is 97.6 Å². The number of fused-ring (bicyclic) bond motifs is 1. The zero-order valence-corrected chi connectivity index (χ0v) is 26.0. The molecule has 1 saturated heterocycles.